The number of fused-ring (bicyclic) bond motifs is 1. The van der Waals surface area contributed by atoms with Gasteiger partial charge in [0.1, 0.15) is 6.54 Å². The minimum absolute atomic E-state index is 0.0249. The highest BCUT2D eigenvalue weighted by molar-refractivity contribution is 5.79. The molecule has 0 saturated carbocycles. The lowest BCUT2D eigenvalue weighted by atomic mass is 9.94. The quantitative estimate of drug-likeness (QED) is 0.494. The van der Waals surface area contributed by atoms with Gasteiger partial charge in [-0.15, -0.1) is 0 Å². The van der Waals surface area contributed by atoms with Crippen molar-refractivity contribution in [2.24, 2.45) is 5.92 Å². The highest BCUT2D eigenvalue weighted by Crippen LogP contribution is 2.23. The van der Waals surface area contributed by atoms with E-state index in [1.807, 2.05) is 41.3 Å². The van der Waals surface area contributed by atoms with Gasteiger partial charge < -0.3 is 13.8 Å². The lowest BCUT2D eigenvalue weighted by Gasteiger charge is -2.32. The van der Waals surface area contributed by atoms with Crippen LogP contribution < -0.4 is 5.76 Å². The summed E-state index contributed by atoms with van der Waals surface area (Å²) in [6.45, 7) is 1.27. The van der Waals surface area contributed by atoms with Gasteiger partial charge in [0.2, 0.25) is 5.91 Å². The monoisotopic (exact) mass is 418 g/mol. The van der Waals surface area contributed by atoms with Crippen molar-refractivity contribution in [3.63, 3.8) is 0 Å². The summed E-state index contributed by atoms with van der Waals surface area (Å²) in [7, 11) is 0. The van der Waals surface area contributed by atoms with Crippen LogP contribution in [-0.4, -0.2) is 38.6 Å². The Kier molecular flexibility index (Phi) is 5.11. The topological polar surface area (TPSA) is 94.4 Å². The molecule has 1 aliphatic heterocycles. The van der Waals surface area contributed by atoms with Gasteiger partial charge in [-0.1, -0.05) is 35.5 Å². The first-order chi connectivity index (χ1) is 15.2. The van der Waals surface area contributed by atoms with Crippen LogP contribution in [0.25, 0.3) is 22.6 Å². The normalized spacial score (nSPS) is 16.6. The predicted octanol–water partition coefficient (Wildman–Crippen LogP) is 3.13. The molecular weight excluding hydrogens is 396 g/mol. The largest absolute Gasteiger partial charge is 0.420 e. The molecule has 2 aromatic heterocycles. The van der Waals surface area contributed by atoms with Gasteiger partial charge >= 0.3 is 5.76 Å². The molecular formula is C23H22N4O4. The number of hydrogen-bond donors (Lipinski definition) is 0. The second kappa shape index (κ2) is 8.22. The molecule has 158 valence electrons. The van der Waals surface area contributed by atoms with Crippen molar-refractivity contribution in [2.45, 2.75) is 25.8 Å². The maximum atomic E-state index is 12.9. The second-order valence-electron chi connectivity index (χ2n) is 7.86. The minimum atomic E-state index is -0.511. The Morgan fingerprint density at radius 3 is 2.77 bits per heavy atom. The van der Waals surface area contributed by atoms with Crippen molar-refractivity contribution in [2.75, 3.05) is 13.1 Å². The summed E-state index contributed by atoms with van der Waals surface area (Å²) >= 11 is 0. The maximum absolute atomic E-state index is 12.9. The van der Waals surface area contributed by atoms with Gasteiger partial charge in [-0.25, -0.2) is 4.79 Å². The van der Waals surface area contributed by atoms with Crippen molar-refractivity contribution in [3.8, 4) is 11.5 Å². The van der Waals surface area contributed by atoms with Crippen molar-refractivity contribution in [1.29, 1.82) is 0 Å². The van der Waals surface area contributed by atoms with E-state index in [4.69, 9.17) is 8.94 Å². The van der Waals surface area contributed by atoms with Gasteiger partial charge in [0.05, 0.1) is 5.52 Å². The Morgan fingerprint density at radius 1 is 1.10 bits per heavy atom. The molecule has 4 aromatic rings. The zero-order chi connectivity index (χ0) is 21.2. The third kappa shape index (κ3) is 4.01. The van der Waals surface area contributed by atoms with Gasteiger partial charge in [0, 0.05) is 25.1 Å². The van der Waals surface area contributed by atoms with Crippen LogP contribution in [0.3, 0.4) is 0 Å². The summed E-state index contributed by atoms with van der Waals surface area (Å²) in [5.74, 6) is 0.803. The van der Waals surface area contributed by atoms with E-state index < -0.39 is 5.76 Å². The molecule has 2 aromatic carbocycles. The Labute approximate surface area is 178 Å². The number of carbonyl (C=O) groups is 1. The zero-order valence-electron chi connectivity index (χ0n) is 16.9. The number of piperidine rings is 1. The van der Waals surface area contributed by atoms with Crippen LogP contribution in [0.1, 0.15) is 18.7 Å². The summed E-state index contributed by atoms with van der Waals surface area (Å²) in [6.07, 6.45) is 2.54. The minimum Gasteiger partial charge on any atom is -0.408 e. The van der Waals surface area contributed by atoms with E-state index in [2.05, 4.69) is 10.1 Å². The van der Waals surface area contributed by atoms with Crippen molar-refractivity contribution in [1.82, 2.24) is 19.6 Å². The fourth-order valence-electron chi connectivity index (χ4n) is 4.15. The number of oxazole rings is 1. The number of hydrogen-bond acceptors (Lipinski definition) is 6. The lowest BCUT2D eigenvalue weighted by Crippen LogP contribution is -2.43. The van der Waals surface area contributed by atoms with E-state index in [9.17, 15) is 9.59 Å². The van der Waals surface area contributed by atoms with Gasteiger partial charge in [-0.3, -0.25) is 9.36 Å². The van der Waals surface area contributed by atoms with Crippen molar-refractivity contribution in [3.05, 3.63) is 71.0 Å². The first kappa shape index (κ1) is 19.3. The highest BCUT2D eigenvalue weighted by Gasteiger charge is 2.26. The summed E-state index contributed by atoms with van der Waals surface area (Å²) < 4.78 is 12.0. The molecule has 1 aliphatic rings. The van der Waals surface area contributed by atoms with E-state index in [1.54, 1.807) is 18.2 Å². The third-order valence-electron chi connectivity index (χ3n) is 5.70. The fourth-order valence-corrected chi connectivity index (χ4v) is 4.15. The standard InChI is InChI=1S/C23H22N4O4/c28-21(15-27-18-10-4-5-11-19(18)30-23(27)29)26-12-6-7-16(14-26)13-20-24-22(31-25-20)17-8-2-1-3-9-17/h1-5,8-11,16H,6-7,12-15H2. The molecule has 3 heterocycles. The Bertz CT molecular complexity index is 1260. The molecule has 8 nitrogen and oxygen atoms in total. The molecule has 1 unspecified atom stereocenters. The van der Waals surface area contributed by atoms with Crippen LogP contribution in [0.4, 0.5) is 0 Å². The second-order valence-corrected chi connectivity index (χ2v) is 7.86. The molecule has 1 amide bonds. The van der Waals surface area contributed by atoms with E-state index in [1.165, 1.54) is 4.57 Å². The van der Waals surface area contributed by atoms with Crippen molar-refractivity contribution < 1.29 is 13.7 Å². The first-order valence-corrected chi connectivity index (χ1v) is 10.4. The van der Waals surface area contributed by atoms with E-state index in [-0.39, 0.29) is 18.4 Å². The van der Waals surface area contributed by atoms with Crippen LogP contribution in [0.15, 0.2) is 68.3 Å². The molecule has 1 fully saturated rings. The Balaban J connectivity index is 1.25. The molecule has 1 saturated heterocycles. The number of para-hydroxylation sites is 2. The highest BCUT2D eigenvalue weighted by atomic mass is 16.5. The number of rotatable bonds is 5. The fraction of sp³-hybridized carbons (Fsp3) is 0.304. The average Bonchev–Trinajstić information content (AvgIpc) is 3.39. The molecule has 0 aliphatic carbocycles. The molecule has 0 spiro atoms. The molecule has 0 bridgehead atoms. The van der Waals surface area contributed by atoms with Gasteiger partial charge in [0.15, 0.2) is 11.4 Å². The summed E-state index contributed by atoms with van der Waals surface area (Å²) in [5, 5.41) is 4.12. The third-order valence-corrected chi connectivity index (χ3v) is 5.70. The average molecular weight is 418 g/mol. The van der Waals surface area contributed by atoms with Crippen molar-refractivity contribution >= 4 is 17.0 Å². The molecule has 31 heavy (non-hydrogen) atoms. The Hall–Kier alpha value is -3.68. The number of benzene rings is 2. The van der Waals surface area contributed by atoms with Crippen LogP contribution in [0.2, 0.25) is 0 Å². The summed E-state index contributed by atoms with van der Waals surface area (Å²) in [4.78, 5) is 31.4. The number of nitrogens with zero attached hydrogens (tertiary/aromatic N) is 4. The zero-order valence-corrected chi connectivity index (χ0v) is 16.9. The van der Waals surface area contributed by atoms with Crippen LogP contribution in [-0.2, 0) is 17.8 Å². The number of likely N-dealkylation sites (tertiary alicyclic amines) is 1. The summed E-state index contributed by atoms with van der Waals surface area (Å²) in [6, 6.07) is 16.8. The number of carbonyl (C=O) groups excluding carboxylic acids is 1. The van der Waals surface area contributed by atoms with Gasteiger partial charge in [-0.2, -0.15) is 4.98 Å². The molecule has 0 N–H and O–H groups in total. The summed E-state index contributed by atoms with van der Waals surface area (Å²) in [5.41, 5.74) is 2.01. The maximum Gasteiger partial charge on any atom is 0.420 e. The van der Waals surface area contributed by atoms with E-state index in [0.717, 1.165) is 18.4 Å². The molecule has 8 heteroatoms. The van der Waals surface area contributed by atoms with Crippen LogP contribution >= 0.6 is 0 Å². The van der Waals surface area contributed by atoms with Gasteiger partial charge in [-0.05, 0) is 43.0 Å². The smallest absolute Gasteiger partial charge is 0.408 e. The SMILES string of the molecule is O=C(Cn1c(=O)oc2ccccc21)N1CCCC(Cc2noc(-c3ccccc3)n2)C1. The number of amides is 1. The van der Waals surface area contributed by atoms with E-state index >= 15 is 0 Å². The van der Waals surface area contributed by atoms with Crippen LogP contribution in [0.5, 0.6) is 0 Å². The first-order valence-electron chi connectivity index (χ1n) is 10.4. The van der Waals surface area contributed by atoms with Gasteiger partial charge in [0.25, 0.3) is 5.89 Å². The predicted molar refractivity (Wildman–Crippen MR) is 113 cm³/mol. The van der Waals surface area contributed by atoms with E-state index in [0.29, 0.717) is 42.3 Å². The molecule has 0 radical (unpaired) electrons. The lowest BCUT2D eigenvalue weighted by molar-refractivity contribution is -0.133. The molecule has 1 atom stereocenters. The molecule has 5 rings (SSSR count). The van der Waals surface area contributed by atoms with Crippen LogP contribution in [0, 0.1) is 5.92 Å². The Morgan fingerprint density at radius 2 is 1.90 bits per heavy atom. The number of aromatic nitrogens is 3.